The number of nitrogens with one attached hydrogen (secondary N) is 2. The number of nitrogens with two attached hydrogens (primary N) is 1. The van der Waals surface area contributed by atoms with E-state index in [1.165, 1.54) is 55.1 Å². The Morgan fingerprint density at radius 3 is 2.07 bits per heavy atom. The van der Waals surface area contributed by atoms with Gasteiger partial charge in [-0.2, -0.15) is 0 Å². The number of nitrogens with zero attached hydrogens (tertiary/aromatic N) is 4. The number of methoxy groups -OCH3 is 2. The molecule has 2 saturated heterocycles. The van der Waals surface area contributed by atoms with E-state index in [0.717, 1.165) is 16.2 Å². The van der Waals surface area contributed by atoms with Crippen molar-refractivity contribution in [2.75, 3.05) is 51.8 Å². The van der Waals surface area contributed by atoms with Crippen LogP contribution in [0.25, 0.3) is 0 Å². The summed E-state index contributed by atoms with van der Waals surface area (Å²) < 4.78 is 10.3. The molecule has 4 aliphatic rings. The Morgan fingerprint density at radius 2 is 1.56 bits per heavy atom. The number of carbonyl (C=O) groups excluding carboxylic acids is 4. The van der Waals surface area contributed by atoms with Crippen molar-refractivity contribution in [2.24, 2.45) is 5.16 Å². The SMILES string of the molecule is COCC1=C(C(=O)O)N2C(=O)[C@@H](NC(=O)C3=C(COC)CS[C@@H]4[C@H](NC(=O)/C(=N\OC)c5csc(N)n5)C(=O)N34)[C@H]2SC1. The van der Waals surface area contributed by atoms with Crippen LogP contribution >= 0.6 is 34.9 Å². The van der Waals surface area contributed by atoms with Gasteiger partial charge < -0.3 is 35.8 Å². The first-order valence-corrected chi connectivity index (χ1v) is 15.6. The van der Waals surface area contributed by atoms with Gasteiger partial charge in [0.15, 0.2) is 10.8 Å². The molecule has 0 unspecified atom stereocenters. The highest BCUT2D eigenvalue weighted by Crippen LogP contribution is 2.43. The first-order valence-electron chi connectivity index (χ1n) is 12.6. The number of aromatic nitrogens is 1. The summed E-state index contributed by atoms with van der Waals surface area (Å²) in [5, 5.41) is 19.3. The Kier molecular flexibility index (Phi) is 8.97. The van der Waals surface area contributed by atoms with Gasteiger partial charge in [-0.05, 0) is 11.1 Å². The van der Waals surface area contributed by atoms with Crippen LogP contribution < -0.4 is 16.4 Å². The van der Waals surface area contributed by atoms with E-state index in [9.17, 15) is 29.1 Å². The number of ether oxygens (including phenoxy) is 2. The number of anilines is 1. The standard InChI is InChI=1S/C24H27N7O9S3/c1-38-4-9-6-41-21-13(27-17(32)12(29-40-3)11-8-43-24(25)26-11)19(34)30(21)15(9)18(33)28-14-20(35)31-16(23(36)37)10(5-39-2)7-42-22(14)31/h8,13-14,21-22H,4-7H2,1-3H3,(H2,25,26)(H,27,32)(H,28,33)(H,36,37)/b29-12-/t13-,14-,21-,22-/m1/s1. The van der Waals surface area contributed by atoms with Crippen molar-refractivity contribution in [3.8, 4) is 0 Å². The van der Waals surface area contributed by atoms with Crippen LogP contribution in [0.3, 0.4) is 0 Å². The van der Waals surface area contributed by atoms with Gasteiger partial charge in [-0.15, -0.1) is 34.9 Å². The van der Waals surface area contributed by atoms with Gasteiger partial charge in [0.1, 0.15) is 47.0 Å². The lowest BCUT2D eigenvalue weighted by molar-refractivity contribution is -0.151. The van der Waals surface area contributed by atoms with Crippen LogP contribution in [0.15, 0.2) is 33.1 Å². The predicted octanol–water partition coefficient (Wildman–Crippen LogP) is -1.24. The number of oxime groups is 1. The van der Waals surface area contributed by atoms with Crippen LogP contribution in [0.1, 0.15) is 5.69 Å². The average molecular weight is 654 g/mol. The second-order valence-corrected chi connectivity index (χ2v) is 12.6. The quantitative estimate of drug-likeness (QED) is 0.125. The van der Waals surface area contributed by atoms with Crippen molar-refractivity contribution in [1.82, 2.24) is 25.4 Å². The number of nitrogen functional groups attached to an aromatic ring is 1. The van der Waals surface area contributed by atoms with E-state index < -0.39 is 52.4 Å². The fourth-order valence-electron chi connectivity index (χ4n) is 5.06. The molecule has 19 heteroatoms. The van der Waals surface area contributed by atoms with Gasteiger partial charge in [-0.3, -0.25) is 29.0 Å². The molecule has 4 atom stereocenters. The minimum atomic E-state index is -1.26. The Bertz CT molecular complexity index is 1480. The van der Waals surface area contributed by atoms with E-state index in [-0.39, 0.29) is 41.1 Å². The molecule has 16 nitrogen and oxygen atoms in total. The van der Waals surface area contributed by atoms with Crippen LogP contribution in [0.5, 0.6) is 0 Å². The monoisotopic (exact) mass is 653 g/mol. The maximum Gasteiger partial charge on any atom is 0.352 e. The zero-order valence-corrected chi connectivity index (χ0v) is 25.5. The molecule has 1 aromatic heterocycles. The highest BCUT2D eigenvalue weighted by molar-refractivity contribution is 8.00. The van der Waals surface area contributed by atoms with Gasteiger partial charge in [0.25, 0.3) is 23.6 Å². The molecule has 0 aliphatic carbocycles. The molecule has 2 fully saturated rings. The Balaban J connectivity index is 1.32. The third-order valence-corrected chi connectivity index (χ3v) is 10.2. The fourth-order valence-corrected chi connectivity index (χ4v) is 8.27. The van der Waals surface area contributed by atoms with Gasteiger partial charge in [0.05, 0.1) is 13.2 Å². The highest BCUT2D eigenvalue weighted by Gasteiger charge is 2.57. The van der Waals surface area contributed by atoms with Crippen LogP contribution in [-0.2, 0) is 38.3 Å². The third-order valence-electron chi connectivity index (χ3n) is 6.88. The molecule has 0 bridgehead atoms. The molecule has 4 amide bonds. The number of hydrogen-bond donors (Lipinski definition) is 4. The molecule has 43 heavy (non-hydrogen) atoms. The summed E-state index contributed by atoms with van der Waals surface area (Å²) in [7, 11) is 4.14. The van der Waals surface area contributed by atoms with Crippen molar-refractivity contribution >= 4 is 75.3 Å². The summed E-state index contributed by atoms with van der Waals surface area (Å²) in [6.07, 6.45) is 0. The van der Waals surface area contributed by atoms with Crippen molar-refractivity contribution in [2.45, 2.75) is 22.8 Å². The number of amides is 4. The van der Waals surface area contributed by atoms with Crippen LogP contribution in [0.2, 0.25) is 0 Å². The van der Waals surface area contributed by atoms with E-state index in [1.54, 1.807) is 0 Å². The van der Waals surface area contributed by atoms with Crippen molar-refractivity contribution < 1.29 is 43.4 Å². The Hall–Kier alpha value is -3.65. The zero-order valence-electron chi connectivity index (χ0n) is 23.0. The maximum absolute atomic E-state index is 13.6. The molecule has 230 valence electrons. The molecule has 0 aromatic carbocycles. The highest BCUT2D eigenvalue weighted by atomic mass is 32.2. The Labute approximate surface area is 257 Å². The zero-order chi connectivity index (χ0) is 31.0. The van der Waals surface area contributed by atoms with E-state index in [2.05, 4.69) is 20.8 Å². The van der Waals surface area contributed by atoms with E-state index in [1.807, 2.05) is 0 Å². The summed E-state index contributed by atoms with van der Waals surface area (Å²) in [6.45, 7) is 0.105. The summed E-state index contributed by atoms with van der Waals surface area (Å²) in [5.74, 6) is -3.17. The molecule has 1 aromatic rings. The number of hydrogen-bond acceptors (Lipinski definition) is 14. The number of thioether (sulfide) groups is 2. The number of carboxylic acid groups (broad SMARTS) is 1. The summed E-state index contributed by atoms with van der Waals surface area (Å²) in [5.41, 5.74) is 6.55. The first kappa shape index (κ1) is 30.8. The largest absolute Gasteiger partial charge is 0.477 e. The van der Waals surface area contributed by atoms with Crippen LogP contribution in [0.4, 0.5) is 5.13 Å². The molecule has 5 heterocycles. The molecule has 0 spiro atoms. The number of fused-ring (bicyclic) bond motifs is 2. The van der Waals surface area contributed by atoms with Gasteiger partial charge in [0, 0.05) is 31.1 Å². The molecule has 4 aliphatic heterocycles. The molecule has 0 saturated carbocycles. The number of thiazole rings is 1. The molecule has 5 N–H and O–H groups in total. The molecular formula is C24H27N7O9S3. The summed E-state index contributed by atoms with van der Waals surface area (Å²) >= 11 is 3.74. The summed E-state index contributed by atoms with van der Waals surface area (Å²) in [6, 6.07) is -2.00. The lowest BCUT2D eigenvalue weighted by Crippen LogP contribution is -2.73. The van der Waals surface area contributed by atoms with Gasteiger partial charge in [-0.1, -0.05) is 5.16 Å². The van der Waals surface area contributed by atoms with Crippen molar-refractivity contribution in [1.29, 1.82) is 0 Å². The minimum absolute atomic E-state index is 0.0280. The van der Waals surface area contributed by atoms with Gasteiger partial charge in [-0.25, -0.2) is 9.78 Å². The number of carbonyl (C=O) groups is 5. The predicted molar refractivity (Wildman–Crippen MR) is 156 cm³/mol. The first-order chi connectivity index (χ1) is 20.6. The Morgan fingerprint density at radius 1 is 1.00 bits per heavy atom. The fraction of sp³-hybridized carbons (Fsp3) is 0.458. The van der Waals surface area contributed by atoms with Gasteiger partial charge in [0.2, 0.25) is 0 Å². The molecule has 0 radical (unpaired) electrons. The lowest BCUT2D eigenvalue weighted by atomic mass is 10.00. The maximum atomic E-state index is 13.6. The molecule has 5 rings (SSSR count). The van der Waals surface area contributed by atoms with Crippen molar-refractivity contribution in [3.05, 3.63) is 33.6 Å². The number of β-lactam (4-membered cyclic amide) rings is 2. The second kappa shape index (κ2) is 12.5. The number of carboxylic acids is 1. The molecular weight excluding hydrogens is 627 g/mol. The normalized spacial score (nSPS) is 25.0. The smallest absolute Gasteiger partial charge is 0.352 e. The number of rotatable bonds is 11. The van der Waals surface area contributed by atoms with E-state index in [0.29, 0.717) is 22.7 Å². The summed E-state index contributed by atoms with van der Waals surface area (Å²) in [4.78, 5) is 76.3. The second-order valence-electron chi connectivity index (χ2n) is 9.49. The average Bonchev–Trinajstić information content (AvgIpc) is 3.42. The lowest BCUT2D eigenvalue weighted by Gasteiger charge is -2.51. The van der Waals surface area contributed by atoms with Crippen LogP contribution in [-0.4, -0.2) is 124 Å². The van der Waals surface area contributed by atoms with Crippen LogP contribution in [0, 0.1) is 0 Å². The van der Waals surface area contributed by atoms with E-state index >= 15 is 0 Å². The minimum Gasteiger partial charge on any atom is -0.477 e. The van der Waals surface area contributed by atoms with Gasteiger partial charge >= 0.3 is 5.97 Å². The van der Waals surface area contributed by atoms with E-state index in [4.69, 9.17) is 20.0 Å². The number of aliphatic carboxylic acids is 1. The third kappa shape index (κ3) is 5.46. The topological polar surface area (TPSA) is 215 Å². The van der Waals surface area contributed by atoms with Crippen molar-refractivity contribution in [3.63, 3.8) is 0 Å².